The molecule has 1 spiro atoms. The van der Waals surface area contributed by atoms with Gasteiger partial charge in [0.05, 0.1) is 11.9 Å². The van der Waals surface area contributed by atoms with E-state index in [-0.39, 0.29) is 10.3 Å². The molecule has 0 N–H and O–H groups in total. The number of nitrogens with zero attached hydrogens (tertiary/aromatic N) is 7. The SMILES string of the molecule is CCN(C)c1nc(N(C)C)nc2c1CCC21CCN(S(=O)(=O)c2cnn(C)c2)CC1. The van der Waals surface area contributed by atoms with Crippen molar-refractivity contribution in [3.63, 3.8) is 0 Å². The molecular formula is C20H31N7O2S. The van der Waals surface area contributed by atoms with Crippen LogP contribution < -0.4 is 9.80 Å². The third-order valence-corrected chi connectivity index (χ3v) is 8.42. The Hall–Kier alpha value is -2.20. The maximum atomic E-state index is 13.0. The Morgan fingerprint density at radius 1 is 1.13 bits per heavy atom. The lowest BCUT2D eigenvalue weighted by molar-refractivity contribution is 0.228. The van der Waals surface area contributed by atoms with Crippen molar-refractivity contribution in [1.29, 1.82) is 0 Å². The highest BCUT2D eigenvalue weighted by Gasteiger charge is 2.46. The molecule has 10 heteroatoms. The monoisotopic (exact) mass is 433 g/mol. The lowest BCUT2D eigenvalue weighted by atomic mass is 9.76. The van der Waals surface area contributed by atoms with Gasteiger partial charge in [-0.05, 0) is 32.6 Å². The van der Waals surface area contributed by atoms with E-state index in [1.807, 2.05) is 19.0 Å². The molecule has 2 aromatic heterocycles. The Balaban J connectivity index is 1.64. The van der Waals surface area contributed by atoms with Crippen molar-refractivity contribution < 1.29 is 8.42 Å². The van der Waals surface area contributed by atoms with Crippen LogP contribution in [-0.4, -0.2) is 73.2 Å². The van der Waals surface area contributed by atoms with Crippen LogP contribution in [0.2, 0.25) is 0 Å². The van der Waals surface area contributed by atoms with Gasteiger partial charge in [0.1, 0.15) is 10.7 Å². The van der Waals surface area contributed by atoms with Crippen molar-refractivity contribution in [2.45, 2.75) is 42.9 Å². The topological polar surface area (TPSA) is 87.5 Å². The van der Waals surface area contributed by atoms with Gasteiger partial charge in [-0.25, -0.2) is 13.4 Å². The molecule has 1 fully saturated rings. The molecule has 2 aromatic rings. The largest absolute Gasteiger partial charge is 0.360 e. The molecule has 0 aromatic carbocycles. The maximum Gasteiger partial charge on any atom is 0.246 e. The van der Waals surface area contributed by atoms with Gasteiger partial charge in [-0.1, -0.05) is 0 Å². The molecule has 0 atom stereocenters. The second kappa shape index (κ2) is 7.49. The van der Waals surface area contributed by atoms with E-state index in [4.69, 9.17) is 9.97 Å². The zero-order valence-electron chi connectivity index (χ0n) is 18.5. The van der Waals surface area contributed by atoms with Crippen LogP contribution in [0.3, 0.4) is 0 Å². The van der Waals surface area contributed by atoms with Crippen LogP contribution in [0.25, 0.3) is 0 Å². The molecule has 1 saturated heterocycles. The van der Waals surface area contributed by atoms with Crippen LogP contribution in [0, 0.1) is 0 Å². The molecule has 0 bridgehead atoms. The number of sulfonamides is 1. The molecule has 3 heterocycles. The van der Waals surface area contributed by atoms with Crippen LogP contribution in [0.15, 0.2) is 17.3 Å². The van der Waals surface area contributed by atoms with Crippen LogP contribution in [-0.2, 0) is 28.9 Å². The molecule has 1 aliphatic carbocycles. The number of hydrogen-bond donors (Lipinski definition) is 0. The Morgan fingerprint density at radius 2 is 1.83 bits per heavy atom. The fraction of sp³-hybridized carbons (Fsp3) is 0.650. The normalized spacial score (nSPS) is 18.6. The van der Waals surface area contributed by atoms with Crippen LogP contribution in [0.4, 0.5) is 11.8 Å². The maximum absolute atomic E-state index is 13.0. The van der Waals surface area contributed by atoms with E-state index in [1.165, 1.54) is 16.4 Å². The van der Waals surface area contributed by atoms with E-state index in [9.17, 15) is 8.42 Å². The predicted octanol–water partition coefficient (Wildman–Crippen LogP) is 1.40. The number of fused-ring (bicyclic) bond motifs is 2. The summed E-state index contributed by atoms with van der Waals surface area (Å²) in [6.07, 6.45) is 6.48. The summed E-state index contributed by atoms with van der Waals surface area (Å²) in [6.45, 7) is 3.99. The first-order chi connectivity index (χ1) is 14.2. The van der Waals surface area contributed by atoms with Crippen LogP contribution in [0.5, 0.6) is 0 Å². The summed E-state index contributed by atoms with van der Waals surface area (Å²) in [5, 5.41) is 4.02. The Bertz CT molecular complexity index is 1040. The Labute approximate surface area is 178 Å². The number of rotatable bonds is 5. The highest BCUT2D eigenvalue weighted by atomic mass is 32.2. The van der Waals surface area contributed by atoms with Crippen molar-refractivity contribution >= 4 is 21.8 Å². The van der Waals surface area contributed by atoms with E-state index >= 15 is 0 Å². The summed E-state index contributed by atoms with van der Waals surface area (Å²) in [5.74, 6) is 1.73. The second-order valence-corrected chi connectivity index (χ2v) is 10.6. The van der Waals surface area contributed by atoms with E-state index in [1.54, 1.807) is 17.5 Å². The average Bonchev–Trinajstić information content (AvgIpc) is 3.32. The highest BCUT2D eigenvalue weighted by Crippen LogP contribution is 2.48. The first kappa shape index (κ1) is 21.0. The van der Waals surface area contributed by atoms with Gasteiger partial charge in [0.15, 0.2) is 0 Å². The van der Waals surface area contributed by atoms with Gasteiger partial charge in [0.2, 0.25) is 16.0 Å². The number of aromatic nitrogens is 4. The van der Waals surface area contributed by atoms with Gasteiger partial charge in [-0.3, -0.25) is 4.68 Å². The zero-order chi connectivity index (χ0) is 21.7. The summed E-state index contributed by atoms with van der Waals surface area (Å²) in [4.78, 5) is 14.2. The average molecular weight is 434 g/mol. The van der Waals surface area contributed by atoms with Crippen molar-refractivity contribution in [3.05, 3.63) is 23.7 Å². The van der Waals surface area contributed by atoms with Gasteiger partial charge in [-0.2, -0.15) is 14.4 Å². The number of piperidine rings is 1. The molecule has 30 heavy (non-hydrogen) atoms. The van der Waals surface area contributed by atoms with Crippen molar-refractivity contribution in [1.82, 2.24) is 24.1 Å². The van der Waals surface area contributed by atoms with Crippen LogP contribution >= 0.6 is 0 Å². The number of aryl methyl sites for hydroxylation is 1. The molecule has 0 unspecified atom stereocenters. The predicted molar refractivity (Wildman–Crippen MR) is 117 cm³/mol. The van der Waals surface area contributed by atoms with Gasteiger partial charge < -0.3 is 9.80 Å². The minimum atomic E-state index is -3.51. The molecular weight excluding hydrogens is 402 g/mol. The molecule has 9 nitrogen and oxygen atoms in total. The smallest absolute Gasteiger partial charge is 0.246 e. The van der Waals surface area contributed by atoms with Gasteiger partial charge in [-0.15, -0.1) is 0 Å². The zero-order valence-corrected chi connectivity index (χ0v) is 19.3. The minimum absolute atomic E-state index is 0.0761. The summed E-state index contributed by atoms with van der Waals surface area (Å²) in [7, 11) is 4.20. The molecule has 0 radical (unpaired) electrons. The summed E-state index contributed by atoms with van der Waals surface area (Å²) < 4.78 is 29.1. The summed E-state index contributed by atoms with van der Waals surface area (Å²) >= 11 is 0. The number of anilines is 2. The van der Waals surface area contributed by atoms with Gasteiger partial charge >= 0.3 is 0 Å². The molecule has 1 aliphatic heterocycles. The summed E-state index contributed by atoms with van der Waals surface area (Å²) in [6, 6.07) is 0. The van der Waals surface area contributed by atoms with Gasteiger partial charge in [0.25, 0.3) is 0 Å². The second-order valence-electron chi connectivity index (χ2n) is 8.62. The van der Waals surface area contributed by atoms with Crippen molar-refractivity contribution in [2.75, 3.05) is 50.6 Å². The minimum Gasteiger partial charge on any atom is -0.360 e. The Kier molecular flexibility index (Phi) is 5.26. The van der Waals surface area contributed by atoms with Gasteiger partial charge in [0, 0.05) is 65.0 Å². The molecule has 0 amide bonds. The quantitative estimate of drug-likeness (QED) is 0.704. The third kappa shape index (κ3) is 3.35. The molecule has 0 saturated carbocycles. The molecule has 164 valence electrons. The van der Waals surface area contributed by atoms with E-state index < -0.39 is 10.0 Å². The molecule has 2 aliphatic rings. The van der Waals surface area contributed by atoms with E-state index in [0.29, 0.717) is 13.1 Å². The first-order valence-corrected chi connectivity index (χ1v) is 11.9. The standard InChI is InChI=1S/C20H31N7O2S/c1-6-25(4)18-16-7-8-20(17(16)22-19(23-18)24(2)3)9-11-27(12-10-20)30(28,29)15-13-21-26(5)14-15/h13-14H,6-12H2,1-5H3. The van der Waals surface area contributed by atoms with E-state index in [2.05, 4.69) is 24.0 Å². The van der Waals surface area contributed by atoms with Crippen molar-refractivity contribution in [3.8, 4) is 0 Å². The summed E-state index contributed by atoms with van der Waals surface area (Å²) in [5.41, 5.74) is 2.27. The number of hydrogen-bond acceptors (Lipinski definition) is 7. The van der Waals surface area contributed by atoms with Crippen LogP contribution in [0.1, 0.15) is 37.4 Å². The highest BCUT2D eigenvalue weighted by molar-refractivity contribution is 7.89. The molecule has 4 rings (SSSR count). The van der Waals surface area contributed by atoms with E-state index in [0.717, 1.165) is 49.7 Å². The Morgan fingerprint density at radius 3 is 2.40 bits per heavy atom. The fourth-order valence-electron chi connectivity index (χ4n) is 4.60. The third-order valence-electron chi connectivity index (χ3n) is 6.56. The lowest BCUT2D eigenvalue weighted by Gasteiger charge is -2.38. The lowest BCUT2D eigenvalue weighted by Crippen LogP contribution is -2.44. The van der Waals surface area contributed by atoms with Crippen molar-refractivity contribution in [2.24, 2.45) is 7.05 Å². The fourth-order valence-corrected chi connectivity index (χ4v) is 6.03. The first-order valence-electron chi connectivity index (χ1n) is 10.5.